The average molecular weight is 265 g/mol. The van der Waals surface area contributed by atoms with Crippen LogP contribution in [0.1, 0.15) is 21.5 Å². The van der Waals surface area contributed by atoms with Crippen LogP contribution in [-0.2, 0) is 10.3 Å². The molecule has 0 heterocycles. The Bertz CT molecular complexity index is 691. The lowest BCUT2D eigenvalue weighted by atomic mass is 9.82. The minimum atomic E-state index is -1.01. The van der Waals surface area contributed by atoms with Crippen molar-refractivity contribution in [2.75, 3.05) is 14.1 Å². The van der Waals surface area contributed by atoms with Gasteiger partial charge in [-0.2, -0.15) is 0 Å². The van der Waals surface area contributed by atoms with E-state index >= 15 is 0 Å². The van der Waals surface area contributed by atoms with E-state index in [0.717, 1.165) is 11.1 Å². The van der Waals surface area contributed by atoms with E-state index in [0.29, 0.717) is 5.56 Å². The van der Waals surface area contributed by atoms with Gasteiger partial charge in [-0.05, 0) is 25.2 Å². The number of rotatable bonds is 2. The van der Waals surface area contributed by atoms with Crippen molar-refractivity contribution in [2.45, 2.75) is 5.54 Å². The first-order valence-corrected chi connectivity index (χ1v) is 6.51. The van der Waals surface area contributed by atoms with Crippen LogP contribution >= 0.6 is 0 Å². The topological polar surface area (TPSA) is 37.4 Å². The monoisotopic (exact) mass is 265 g/mol. The summed E-state index contributed by atoms with van der Waals surface area (Å²) in [7, 11) is 3.67. The summed E-state index contributed by atoms with van der Waals surface area (Å²) < 4.78 is 0. The number of nitrogens with zero attached hydrogens (tertiary/aromatic N) is 1. The number of Topliss-reactive ketones (excluding diaryl/α,β-unsaturated/α-hetero) is 2. The highest BCUT2D eigenvalue weighted by Gasteiger charge is 2.54. The van der Waals surface area contributed by atoms with Crippen molar-refractivity contribution >= 4 is 11.6 Å². The fourth-order valence-corrected chi connectivity index (χ4v) is 3.07. The van der Waals surface area contributed by atoms with E-state index in [9.17, 15) is 9.59 Å². The Morgan fingerprint density at radius 3 is 2.10 bits per heavy atom. The van der Waals surface area contributed by atoms with Crippen LogP contribution in [0.3, 0.4) is 0 Å². The fraction of sp³-hybridized carbons (Fsp3) is 0.176. The Hall–Kier alpha value is -2.26. The molecule has 2 aromatic rings. The van der Waals surface area contributed by atoms with Gasteiger partial charge in [-0.15, -0.1) is 0 Å². The maximum Gasteiger partial charge on any atom is 0.232 e. The van der Waals surface area contributed by atoms with Gasteiger partial charge in [0.15, 0.2) is 0 Å². The molecule has 0 radical (unpaired) electrons. The lowest BCUT2D eigenvalue weighted by Crippen LogP contribution is -2.47. The summed E-state index contributed by atoms with van der Waals surface area (Å²) in [4.78, 5) is 26.9. The van der Waals surface area contributed by atoms with Crippen molar-refractivity contribution in [3.8, 4) is 0 Å². The third-order valence-corrected chi connectivity index (χ3v) is 3.96. The lowest BCUT2D eigenvalue weighted by Gasteiger charge is -2.35. The van der Waals surface area contributed by atoms with Crippen molar-refractivity contribution < 1.29 is 9.59 Å². The van der Waals surface area contributed by atoms with Crippen molar-refractivity contribution in [3.05, 3.63) is 71.3 Å². The Morgan fingerprint density at radius 1 is 0.850 bits per heavy atom. The van der Waals surface area contributed by atoms with Gasteiger partial charge in [0.25, 0.3) is 0 Å². The summed E-state index contributed by atoms with van der Waals surface area (Å²) in [6.07, 6.45) is 0. The van der Waals surface area contributed by atoms with Crippen LogP contribution in [0.4, 0.5) is 0 Å². The van der Waals surface area contributed by atoms with Gasteiger partial charge in [0.1, 0.15) is 5.54 Å². The Morgan fingerprint density at radius 2 is 1.45 bits per heavy atom. The van der Waals surface area contributed by atoms with Crippen LogP contribution in [0.2, 0.25) is 0 Å². The molecule has 1 atom stereocenters. The Labute approximate surface area is 117 Å². The number of ketones is 2. The van der Waals surface area contributed by atoms with Crippen LogP contribution in [0, 0.1) is 0 Å². The predicted octanol–water partition coefficient (Wildman–Crippen LogP) is 2.26. The first kappa shape index (κ1) is 12.8. The number of hydrogen-bond donors (Lipinski definition) is 0. The number of likely N-dealkylation sites (N-methyl/N-ethyl adjacent to an activating group) is 1. The molecular weight excluding hydrogens is 250 g/mol. The normalized spacial score (nSPS) is 21.4. The van der Waals surface area contributed by atoms with E-state index in [-0.39, 0.29) is 5.78 Å². The van der Waals surface area contributed by atoms with Gasteiger partial charge in [-0.25, -0.2) is 0 Å². The second-order valence-electron chi connectivity index (χ2n) is 5.17. The molecule has 0 saturated heterocycles. The molecule has 0 fully saturated rings. The zero-order valence-electron chi connectivity index (χ0n) is 11.5. The van der Waals surface area contributed by atoms with Crippen LogP contribution in [0.5, 0.6) is 0 Å². The molecule has 0 aromatic heterocycles. The molecule has 0 spiro atoms. The van der Waals surface area contributed by atoms with E-state index in [1.165, 1.54) is 0 Å². The first-order valence-electron chi connectivity index (χ1n) is 6.51. The third kappa shape index (κ3) is 1.44. The van der Waals surface area contributed by atoms with Crippen molar-refractivity contribution in [1.29, 1.82) is 0 Å². The van der Waals surface area contributed by atoms with Crippen LogP contribution in [0.25, 0.3) is 0 Å². The molecule has 100 valence electrons. The molecule has 0 saturated carbocycles. The maximum atomic E-state index is 12.7. The minimum Gasteiger partial charge on any atom is -0.289 e. The second-order valence-corrected chi connectivity index (χ2v) is 5.17. The van der Waals surface area contributed by atoms with E-state index in [1.807, 2.05) is 61.5 Å². The summed E-state index contributed by atoms with van der Waals surface area (Å²) in [5, 5.41) is 0. The molecule has 3 rings (SSSR count). The Balaban J connectivity index is 2.38. The quantitative estimate of drug-likeness (QED) is 0.782. The molecule has 1 unspecified atom stereocenters. The zero-order valence-corrected chi connectivity index (χ0v) is 11.5. The summed E-state index contributed by atoms with van der Waals surface area (Å²) in [5.41, 5.74) is 1.10. The summed E-state index contributed by atoms with van der Waals surface area (Å²) in [5.74, 6) is -0.784. The number of carbonyl (C=O) groups is 2. The largest absolute Gasteiger partial charge is 0.289 e. The molecule has 0 amide bonds. The van der Waals surface area contributed by atoms with E-state index < -0.39 is 11.3 Å². The van der Waals surface area contributed by atoms with E-state index in [2.05, 4.69) is 0 Å². The number of fused-ring (bicyclic) bond motifs is 1. The molecule has 0 bridgehead atoms. The van der Waals surface area contributed by atoms with Crippen molar-refractivity contribution in [2.24, 2.45) is 0 Å². The smallest absolute Gasteiger partial charge is 0.232 e. The van der Waals surface area contributed by atoms with Gasteiger partial charge in [0, 0.05) is 5.56 Å². The SMILES string of the molecule is CN(C)C1(c2ccccc2)C(=O)C(=O)c2ccccc21. The van der Waals surface area contributed by atoms with Gasteiger partial charge >= 0.3 is 0 Å². The van der Waals surface area contributed by atoms with Crippen molar-refractivity contribution in [1.82, 2.24) is 4.90 Å². The lowest BCUT2D eigenvalue weighted by molar-refractivity contribution is -0.122. The molecular formula is C17H15NO2. The first-order chi connectivity index (χ1) is 9.60. The van der Waals surface area contributed by atoms with Gasteiger partial charge in [-0.3, -0.25) is 14.5 Å². The third-order valence-electron chi connectivity index (χ3n) is 3.96. The van der Waals surface area contributed by atoms with Gasteiger partial charge in [-0.1, -0.05) is 54.6 Å². The van der Waals surface area contributed by atoms with E-state index in [4.69, 9.17) is 0 Å². The highest BCUT2D eigenvalue weighted by atomic mass is 16.2. The predicted molar refractivity (Wildman–Crippen MR) is 76.7 cm³/mol. The molecule has 1 aliphatic rings. The van der Waals surface area contributed by atoms with E-state index in [1.54, 1.807) is 12.1 Å². The average Bonchev–Trinajstić information content (AvgIpc) is 2.70. The molecule has 1 aliphatic carbocycles. The van der Waals surface area contributed by atoms with Crippen molar-refractivity contribution in [3.63, 3.8) is 0 Å². The van der Waals surface area contributed by atoms with Crippen LogP contribution < -0.4 is 0 Å². The molecule has 0 N–H and O–H groups in total. The summed E-state index contributed by atoms with van der Waals surface area (Å²) in [6.45, 7) is 0. The maximum absolute atomic E-state index is 12.7. The van der Waals surface area contributed by atoms with Gasteiger partial charge in [0.2, 0.25) is 11.6 Å². The highest BCUT2D eigenvalue weighted by Crippen LogP contribution is 2.42. The van der Waals surface area contributed by atoms with Gasteiger partial charge in [0.05, 0.1) is 0 Å². The minimum absolute atomic E-state index is 0.380. The van der Waals surface area contributed by atoms with Crippen LogP contribution in [-0.4, -0.2) is 30.6 Å². The number of hydrogen-bond acceptors (Lipinski definition) is 3. The Kier molecular flexibility index (Phi) is 2.80. The summed E-state index contributed by atoms with van der Waals surface area (Å²) >= 11 is 0. The highest BCUT2D eigenvalue weighted by molar-refractivity contribution is 6.50. The standard InChI is InChI=1S/C17H15NO2/c1-18(2)17(12-8-4-3-5-9-12)14-11-7-6-10-13(14)15(19)16(17)20/h3-11H,1-2H3. The summed E-state index contributed by atoms with van der Waals surface area (Å²) in [6, 6.07) is 16.7. The number of carbonyl (C=O) groups excluding carboxylic acids is 2. The second kappa shape index (κ2) is 4.39. The fourth-order valence-electron chi connectivity index (χ4n) is 3.07. The molecule has 3 heteroatoms. The van der Waals surface area contributed by atoms with Gasteiger partial charge < -0.3 is 0 Å². The molecule has 0 aliphatic heterocycles. The zero-order chi connectivity index (χ0) is 14.3. The number of benzene rings is 2. The molecule has 3 nitrogen and oxygen atoms in total. The van der Waals surface area contributed by atoms with Crippen LogP contribution in [0.15, 0.2) is 54.6 Å². The molecule has 20 heavy (non-hydrogen) atoms. The molecule has 2 aromatic carbocycles.